The van der Waals surface area contributed by atoms with E-state index in [4.69, 9.17) is 0 Å². The predicted octanol–water partition coefficient (Wildman–Crippen LogP) is 2.86. The van der Waals surface area contributed by atoms with E-state index in [1.165, 1.54) is 0 Å². The van der Waals surface area contributed by atoms with Crippen LogP contribution < -0.4 is 0 Å². The molecule has 0 aromatic rings. The summed E-state index contributed by atoms with van der Waals surface area (Å²) in [6, 6.07) is 0.491. The van der Waals surface area contributed by atoms with Crippen molar-refractivity contribution in [3.8, 4) is 0 Å². The molecule has 0 bridgehead atoms. The number of rotatable bonds is 7. The van der Waals surface area contributed by atoms with Gasteiger partial charge in [0.1, 0.15) is 5.78 Å². The highest BCUT2D eigenvalue weighted by molar-refractivity contribution is 5.87. The van der Waals surface area contributed by atoms with Gasteiger partial charge in [0.25, 0.3) is 0 Å². The number of Topliss-reactive ketones (excluding diaryl/α,β-unsaturated/α-hetero) is 1. The van der Waals surface area contributed by atoms with Crippen LogP contribution in [-0.2, 0) is 4.79 Å². The van der Waals surface area contributed by atoms with E-state index in [0.717, 1.165) is 38.6 Å². The van der Waals surface area contributed by atoms with Gasteiger partial charge in [-0.2, -0.15) is 0 Å². The fraction of sp³-hybridized carbons (Fsp3) is 0.938. The molecule has 0 heterocycles. The molecule has 112 valence electrons. The summed E-state index contributed by atoms with van der Waals surface area (Å²) in [5.41, 5.74) is -0.151. The standard InChI is InChI=1S/C16H31NO2/c1-5-14(6-2)17(10-11-18)12-13-8-7-9-16(3,4)15(13)19/h13-14,18H,5-12H2,1-4H3. The Hall–Kier alpha value is -0.410. The molecular weight excluding hydrogens is 238 g/mol. The first-order valence-corrected chi connectivity index (χ1v) is 7.85. The molecule has 1 fully saturated rings. The summed E-state index contributed by atoms with van der Waals surface area (Å²) >= 11 is 0. The van der Waals surface area contributed by atoms with Gasteiger partial charge in [-0.1, -0.05) is 34.1 Å². The Morgan fingerprint density at radius 3 is 2.53 bits per heavy atom. The number of carbonyl (C=O) groups excluding carboxylic acids is 1. The molecule has 1 unspecified atom stereocenters. The Bertz CT molecular complexity index is 284. The minimum atomic E-state index is -0.151. The van der Waals surface area contributed by atoms with Crippen LogP contribution in [-0.4, -0.2) is 41.5 Å². The van der Waals surface area contributed by atoms with Crippen LogP contribution >= 0.6 is 0 Å². The summed E-state index contributed by atoms with van der Waals surface area (Å²) in [7, 11) is 0. The van der Waals surface area contributed by atoms with Crippen LogP contribution in [0, 0.1) is 11.3 Å². The maximum atomic E-state index is 12.5. The molecule has 0 amide bonds. The van der Waals surface area contributed by atoms with Crippen LogP contribution in [0.3, 0.4) is 0 Å². The molecule has 1 N–H and O–H groups in total. The van der Waals surface area contributed by atoms with E-state index in [-0.39, 0.29) is 17.9 Å². The highest BCUT2D eigenvalue weighted by Gasteiger charge is 2.38. The summed E-state index contributed by atoms with van der Waals surface area (Å²) in [4.78, 5) is 14.8. The molecule has 3 heteroatoms. The first-order chi connectivity index (χ1) is 8.96. The lowest BCUT2D eigenvalue weighted by molar-refractivity contribution is -0.135. The molecule has 0 radical (unpaired) electrons. The monoisotopic (exact) mass is 269 g/mol. The third kappa shape index (κ3) is 4.28. The Morgan fingerprint density at radius 2 is 2.00 bits per heavy atom. The fourth-order valence-electron chi connectivity index (χ4n) is 3.41. The summed E-state index contributed by atoms with van der Waals surface area (Å²) in [6.45, 7) is 10.2. The van der Waals surface area contributed by atoms with E-state index in [1.807, 2.05) is 0 Å². The molecular formula is C16H31NO2. The maximum absolute atomic E-state index is 12.5. The average molecular weight is 269 g/mol. The molecule has 0 saturated heterocycles. The van der Waals surface area contributed by atoms with Crippen molar-refractivity contribution in [2.24, 2.45) is 11.3 Å². The second-order valence-corrected chi connectivity index (χ2v) is 6.53. The number of aliphatic hydroxyl groups excluding tert-OH is 1. The molecule has 3 nitrogen and oxygen atoms in total. The third-order valence-electron chi connectivity index (χ3n) is 4.69. The largest absolute Gasteiger partial charge is 0.395 e. The first kappa shape index (κ1) is 16.6. The van der Waals surface area contributed by atoms with Crippen molar-refractivity contribution in [3.05, 3.63) is 0 Å². The molecule has 1 aliphatic carbocycles. The van der Waals surface area contributed by atoms with Crippen molar-refractivity contribution < 1.29 is 9.90 Å². The van der Waals surface area contributed by atoms with Crippen LogP contribution in [0.25, 0.3) is 0 Å². The van der Waals surface area contributed by atoms with Gasteiger partial charge in [0.15, 0.2) is 0 Å². The minimum absolute atomic E-state index is 0.151. The average Bonchev–Trinajstić information content (AvgIpc) is 2.36. The number of carbonyl (C=O) groups is 1. The molecule has 0 aliphatic heterocycles. The van der Waals surface area contributed by atoms with Gasteiger partial charge in [0, 0.05) is 30.5 Å². The minimum Gasteiger partial charge on any atom is -0.395 e. The first-order valence-electron chi connectivity index (χ1n) is 7.85. The van der Waals surface area contributed by atoms with E-state index in [1.54, 1.807) is 0 Å². The van der Waals surface area contributed by atoms with E-state index >= 15 is 0 Å². The Balaban J connectivity index is 2.70. The van der Waals surface area contributed by atoms with Gasteiger partial charge in [-0.25, -0.2) is 0 Å². The van der Waals surface area contributed by atoms with E-state index in [2.05, 4.69) is 32.6 Å². The van der Waals surface area contributed by atoms with Gasteiger partial charge in [-0.05, 0) is 25.7 Å². The summed E-state index contributed by atoms with van der Waals surface area (Å²) in [5, 5.41) is 9.25. The molecule has 1 saturated carbocycles. The topological polar surface area (TPSA) is 40.5 Å². The van der Waals surface area contributed by atoms with E-state index in [0.29, 0.717) is 18.4 Å². The second kappa shape index (κ2) is 7.39. The normalized spacial score (nSPS) is 23.3. The van der Waals surface area contributed by atoms with Gasteiger partial charge in [0.2, 0.25) is 0 Å². The Labute approximate surface area is 118 Å². The van der Waals surface area contributed by atoms with Crippen molar-refractivity contribution in [1.82, 2.24) is 4.90 Å². The lowest BCUT2D eigenvalue weighted by Crippen LogP contribution is -2.45. The van der Waals surface area contributed by atoms with Crippen molar-refractivity contribution in [2.75, 3.05) is 19.7 Å². The van der Waals surface area contributed by atoms with E-state index < -0.39 is 0 Å². The summed E-state index contributed by atoms with van der Waals surface area (Å²) < 4.78 is 0. The number of hydrogen-bond donors (Lipinski definition) is 1. The van der Waals surface area contributed by atoms with Crippen molar-refractivity contribution in [2.45, 2.75) is 65.8 Å². The SMILES string of the molecule is CCC(CC)N(CCO)CC1CCCC(C)(C)C1=O. The van der Waals surface area contributed by atoms with Crippen LogP contribution in [0.2, 0.25) is 0 Å². The van der Waals surface area contributed by atoms with Crippen LogP contribution in [0.4, 0.5) is 0 Å². The lowest BCUT2D eigenvalue weighted by Gasteiger charge is -2.38. The summed E-state index contributed by atoms with van der Waals surface area (Å²) in [5.74, 6) is 0.587. The van der Waals surface area contributed by atoms with Gasteiger partial charge in [-0.3, -0.25) is 9.69 Å². The molecule has 0 spiro atoms. The van der Waals surface area contributed by atoms with Crippen LogP contribution in [0.15, 0.2) is 0 Å². The molecule has 1 rings (SSSR count). The van der Waals surface area contributed by atoms with Crippen molar-refractivity contribution in [3.63, 3.8) is 0 Å². The van der Waals surface area contributed by atoms with Crippen molar-refractivity contribution in [1.29, 1.82) is 0 Å². The molecule has 0 aromatic heterocycles. The smallest absolute Gasteiger partial charge is 0.142 e. The van der Waals surface area contributed by atoms with Gasteiger partial charge >= 0.3 is 0 Å². The number of ketones is 1. The molecule has 19 heavy (non-hydrogen) atoms. The van der Waals surface area contributed by atoms with Crippen LogP contribution in [0.5, 0.6) is 0 Å². The number of aliphatic hydroxyl groups is 1. The highest BCUT2D eigenvalue weighted by Crippen LogP contribution is 2.36. The number of nitrogens with zero attached hydrogens (tertiary/aromatic N) is 1. The Morgan fingerprint density at radius 1 is 1.37 bits per heavy atom. The zero-order valence-corrected chi connectivity index (χ0v) is 13.1. The molecule has 0 aromatic carbocycles. The third-order valence-corrected chi connectivity index (χ3v) is 4.69. The zero-order chi connectivity index (χ0) is 14.5. The second-order valence-electron chi connectivity index (χ2n) is 6.53. The van der Waals surface area contributed by atoms with Crippen molar-refractivity contribution >= 4 is 5.78 Å². The lowest BCUT2D eigenvalue weighted by atomic mass is 9.71. The molecule has 1 aliphatic rings. The maximum Gasteiger partial charge on any atom is 0.142 e. The number of hydrogen-bond acceptors (Lipinski definition) is 3. The fourth-order valence-corrected chi connectivity index (χ4v) is 3.41. The van der Waals surface area contributed by atoms with Gasteiger partial charge < -0.3 is 5.11 Å². The van der Waals surface area contributed by atoms with E-state index in [9.17, 15) is 9.90 Å². The zero-order valence-electron chi connectivity index (χ0n) is 13.1. The summed E-state index contributed by atoms with van der Waals surface area (Å²) in [6.07, 6.45) is 5.36. The quantitative estimate of drug-likeness (QED) is 0.772. The van der Waals surface area contributed by atoms with Gasteiger partial charge in [-0.15, -0.1) is 0 Å². The van der Waals surface area contributed by atoms with Gasteiger partial charge in [0.05, 0.1) is 6.61 Å². The van der Waals surface area contributed by atoms with Crippen LogP contribution in [0.1, 0.15) is 59.8 Å². The Kier molecular flexibility index (Phi) is 6.48. The highest BCUT2D eigenvalue weighted by atomic mass is 16.3. The predicted molar refractivity (Wildman–Crippen MR) is 79.2 cm³/mol. The molecule has 1 atom stereocenters.